The first-order valence-electron chi connectivity index (χ1n) is 7.09. The Hall–Kier alpha value is -2.28. The lowest BCUT2D eigenvalue weighted by molar-refractivity contribution is 0.218. The van der Waals surface area contributed by atoms with E-state index < -0.39 is 5.54 Å². The number of urea groups is 1. The second-order valence-electron chi connectivity index (χ2n) is 6.01. The third kappa shape index (κ3) is 3.88. The van der Waals surface area contributed by atoms with Crippen molar-refractivity contribution in [2.45, 2.75) is 25.8 Å². The molecule has 0 fully saturated rings. The van der Waals surface area contributed by atoms with Crippen LogP contribution in [0.25, 0.3) is 11.1 Å². The number of benzene rings is 1. The van der Waals surface area contributed by atoms with Crippen molar-refractivity contribution >= 4 is 28.8 Å². The van der Waals surface area contributed by atoms with Crippen molar-refractivity contribution in [2.75, 3.05) is 30.9 Å². The number of carbonyl (C=O) groups excluding carboxylic acids is 1. The molecule has 2 aromatic rings. The molecule has 0 spiro atoms. The number of aromatic nitrogens is 1. The molecule has 3 N–H and O–H groups in total. The maximum absolute atomic E-state index is 12.0. The summed E-state index contributed by atoms with van der Waals surface area (Å²) in [5.41, 5.74) is 1.48. The van der Waals surface area contributed by atoms with Crippen LogP contribution >= 0.6 is 0 Å². The standard InChI is InChI=1S/C15H22N4O3/c1-15(2,7-8-20)18-13(21)16-10-5-6-11-12(9-10)22-14(17-11)19(3)4/h5-6,9,20H,7-8H2,1-4H3,(H2,16,18,21). The molecule has 1 aromatic heterocycles. The number of carbonyl (C=O) groups is 1. The van der Waals surface area contributed by atoms with Gasteiger partial charge in [0.1, 0.15) is 5.52 Å². The van der Waals surface area contributed by atoms with Gasteiger partial charge in [0.2, 0.25) is 0 Å². The fraction of sp³-hybridized carbons (Fsp3) is 0.467. The summed E-state index contributed by atoms with van der Waals surface area (Å²) in [6.07, 6.45) is 0.480. The topological polar surface area (TPSA) is 90.6 Å². The zero-order chi connectivity index (χ0) is 16.3. The summed E-state index contributed by atoms with van der Waals surface area (Å²) in [5.74, 6) is 0. The van der Waals surface area contributed by atoms with Crippen molar-refractivity contribution in [1.82, 2.24) is 10.3 Å². The van der Waals surface area contributed by atoms with E-state index in [4.69, 9.17) is 9.52 Å². The Bertz CT molecular complexity index is 664. The molecular formula is C15H22N4O3. The van der Waals surface area contributed by atoms with Crippen LogP contribution in [0.2, 0.25) is 0 Å². The number of nitrogens with zero attached hydrogens (tertiary/aromatic N) is 2. The molecule has 0 aliphatic rings. The van der Waals surface area contributed by atoms with Crippen molar-refractivity contribution in [3.05, 3.63) is 18.2 Å². The molecule has 0 radical (unpaired) electrons. The molecule has 1 aromatic carbocycles. The number of aliphatic hydroxyl groups is 1. The largest absolute Gasteiger partial charge is 0.423 e. The third-order valence-corrected chi connectivity index (χ3v) is 3.21. The molecule has 22 heavy (non-hydrogen) atoms. The molecular weight excluding hydrogens is 284 g/mol. The SMILES string of the molecule is CN(C)c1nc2ccc(NC(=O)NC(C)(C)CCO)cc2o1. The molecule has 0 atom stereocenters. The van der Waals surface area contributed by atoms with Crippen LogP contribution < -0.4 is 15.5 Å². The molecule has 0 aliphatic carbocycles. The minimum Gasteiger partial charge on any atom is -0.423 e. The lowest BCUT2D eigenvalue weighted by Crippen LogP contribution is -2.46. The number of oxazole rings is 1. The van der Waals surface area contributed by atoms with Gasteiger partial charge >= 0.3 is 6.03 Å². The van der Waals surface area contributed by atoms with Gasteiger partial charge in [-0.3, -0.25) is 0 Å². The zero-order valence-electron chi connectivity index (χ0n) is 13.3. The van der Waals surface area contributed by atoms with E-state index in [2.05, 4.69) is 15.6 Å². The second kappa shape index (κ2) is 6.23. The second-order valence-corrected chi connectivity index (χ2v) is 6.01. The van der Waals surface area contributed by atoms with Gasteiger partial charge in [-0.1, -0.05) is 0 Å². The molecule has 0 saturated heterocycles. The number of fused-ring (bicyclic) bond motifs is 1. The Morgan fingerprint density at radius 2 is 2.14 bits per heavy atom. The molecule has 120 valence electrons. The van der Waals surface area contributed by atoms with Gasteiger partial charge in [-0.15, -0.1) is 0 Å². The number of rotatable bonds is 5. The van der Waals surface area contributed by atoms with Crippen LogP contribution in [0.4, 0.5) is 16.5 Å². The summed E-state index contributed by atoms with van der Waals surface area (Å²) < 4.78 is 5.60. The highest BCUT2D eigenvalue weighted by Crippen LogP contribution is 2.23. The average molecular weight is 306 g/mol. The highest BCUT2D eigenvalue weighted by Gasteiger charge is 2.19. The van der Waals surface area contributed by atoms with E-state index >= 15 is 0 Å². The first-order chi connectivity index (χ1) is 10.3. The normalized spacial score (nSPS) is 11.5. The van der Waals surface area contributed by atoms with Crippen molar-refractivity contribution in [2.24, 2.45) is 0 Å². The molecule has 0 saturated carbocycles. The quantitative estimate of drug-likeness (QED) is 0.787. The van der Waals surface area contributed by atoms with Crippen molar-refractivity contribution in [3.63, 3.8) is 0 Å². The lowest BCUT2D eigenvalue weighted by Gasteiger charge is -2.25. The van der Waals surface area contributed by atoms with Gasteiger partial charge in [0.05, 0.1) is 0 Å². The van der Waals surface area contributed by atoms with E-state index in [1.807, 2.05) is 27.9 Å². The van der Waals surface area contributed by atoms with E-state index in [1.54, 1.807) is 23.1 Å². The van der Waals surface area contributed by atoms with Gasteiger partial charge in [0.25, 0.3) is 6.01 Å². The highest BCUT2D eigenvalue weighted by atomic mass is 16.4. The Balaban J connectivity index is 2.09. The number of nitrogens with one attached hydrogen (secondary N) is 2. The van der Waals surface area contributed by atoms with E-state index in [-0.39, 0.29) is 12.6 Å². The van der Waals surface area contributed by atoms with Crippen LogP contribution in [-0.4, -0.2) is 42.4 Å². The third-order valence-electron chi connectivity index (χ3n) is 3.21. The predicted octanol–water partition coefficient (Wildman–Crippen LogP) is 2.18. The molecule has 2 rings (SSSR count). The molecule has 2 amide bonds. The number of amides is 2. The van der Waals surface area contributed by atoms with Gasteiger partial charge in [-0.25, -0.2) is 4.79 Å². The summed E-state index contributed by atoms with van der Waals surface area (Å²) in [6, 6.07) is 5.47. The number of aliphatic hydroxyl groups excluding tert-OH is 1. The van der Waals surface area contributed by atoms with E-state index in [0.29, 0.717) is 23.7 Å². The van der Waals surface area contributed by atoms with Gasteiger partial charge in [-0.05, 0) is 32.4 Å². The number of anilines is 2. The first kappa shape index (κ1) is 16.1. The van der Waals surface area contributed by atoms with Crippen LogP contribution in [0.3, 0.4) is 0 Å². The molecule has 1 heterocycles. The zero-order valence-corrected chi connectivity index (χ0v) is 13.3. The summed E-state index contributed by atoms with van der Waals surface area (Å²) in [6.45, 7) is 3.72. The molecule has 0 unspecified atom stereocenters. The Kier molecular flexibility index (Phi) is 4.56. The maximum atomic E-state index is 12.0. The molecule has 0 aliphatic heterocycles. The summed E-state index contributed by atoms with van der Waals surface area (Å²) in [7, 11) is 3.70. The monoisotopic (exact) mass is 306 g/mol. The van der Waals surface area contributed by atoms with Crippen molar-refractivity contribution < 1.29 is 14.3 Å². The first-order valence-corrected chi connectivity index (χ1v) is 7.09. The Morgan fingerprint density at radius 3 is 2.77 bits per heavy atom. The minimum absolute atomic E-state index is 0.0185. The Morgan fingerprint density at radius 1 is 1.41 bits per heavy atom. The maximum Gasteiger partial charge on any atom is 0.319 e. The predicted molar refractivity (Wildman–Crippen MR) is 86.3 cm³/mol. The highest BCUT2D eigenvalue weighted by molar-refractivity contribution is 5.92. The molecule has 0 bridgehead atoms. The van der Waals surface area contributed by atoms with Crippen LogP contribution in [0.15, 0.2) is 22.6 Å². The summed E-state index contributed by atoms with van der Waals surface area (Å²) in [4.78, 5) is 18.1. The van der Waals surface area contributed by atoms with Crippen LogP contribution in [0.5, 0.6) is 0 Å². The van der Waals surface area contributed by atoms with Gasteiger partial charge in [-0.2, -0.15) is 4.98 Å². The Labute approximate surface area is 129 Å². The lowest BCUT2D eigenvalue weighted by atomic mass is 10.0. The fourth-order valence-corrected chi connectivity index (χ4v) is 1.99. The fourth-order valence-electron chi connectivity index (χ4n) is 1.99. The van der Waals surface area contributed by atoms with E-state index in [9.17, 15) is 4.79 Å². The van der Waals surface area contributed by atoms with Crippen LogP contribution in [0.1, 0.15) is 20.3 Å². The average Bonchev–Trinajstić information content (AvgIpc) is 2.80. The van der Waals surface area contributed by atoms with Gasteiger partial charge in [0, 0.05) is 38.0 Å². The smallest absolute Gasteiger partial charge is 0.319 e. The van der Waals surface area contributed by atoms with E-state index in [0.717, 1.165) is 5.52 Å². The number of hydrogen-bond donors (Lipinski definition) is 3. The molecule has 7 heteroatoms. The number of hydrogen-bond acceptors (Lipinski definition) is 5. The minimum atomic E-state index is -0.479. The van der Waals surface area contributed by atoms with E-state index in [1.165, 1.54) is 0 Å². The molecule has 7 nitrogen and oxygen atoms in total. The van der Waals surface area contributed by atoms with Gasteiger partial charge in [0.15, 0.2) is 5.58 Å². The van der Waals surface area contributed by atoms with Crippen molar-refractivity contribution in [3.8, 4) is 0 Å². The summed E-state index contributed by atoms with van der Waals surface area (Å²) >= 11 is 0. The van der Waals surface area contributed by atoms with Crippen molar-refractivity contribution in [1.29, 1.82) is 0 Å². The summed E-state index contributed by atoms with van der Waals surface area (Å²) in [5, 5.41) is 14.5. The van der Waals surface area contributed by atoms with Crippen LogP contribution in [0, 0.1) is 0 Å². The van der Waals surface area contributed by atoms with Gasteiger partial charge < -0.3 is 25.1 Å². The van der Waals surface area contributed by atoms with Crippen LogP contribution in [-0.2, 0) is 0 Å².